The number of nitrogens with one attached hydrogen (secondary N) is 1. The Morgan fingerprint density at radius 2 is 1.65 bits per heavy atom. The van der Waals surface area contributed by atoms with Crippen LogP contribution < -0.4 is 4.72 Å². The average Bonchev–Trinajstić information content (AvgIpc) is 2.51. The zero-order valence-corrected chi connectivity index (χ0v) is 14.5. The van der Waals surface area contributed by atoms with Crippen LogP contribution in [0.1, 0.15) is 23.2 Å². The largest absolute Gasteiger partial charge is 0.294 e. The van der Waals surface area contributed by atoms with Gasteiger partial charge in [0.15, 0.2) is 5.78 Å². The van der Waals surface area contributed by atoms with E-state index in [9.17, 15) is 31.2 Å². The monoisotopic (exact) mass is 405 g/mol. The van der Waals surface area contributed by atoms with E-state index in [2.05, 4.69) is 0 Å². The fourth-order valence-corrected chi connectivity index (χ4v) is 3.26. The highest BCUT2D eigenvalue weighted by Gasteiger charge is 2.22. The number of halogens is 4. The van der Waals surface area contributed by atoms with Gasteiger partial charge in [0, 0.05) is 23.9 Å². The van der Waals surface area contributed by atoms with E-state index in [0.717, 1.165) is 30.3 Å². The summed E-state index contributed by atoms with van der Waals surface area (Å²) in [4.78, 5) is 22.8. The quantitative estimate of drug-likeness (QED) is 0.748. The number of ketones is 1. The maximum absolute atomic E-state index is 13.7. The SMILES string of the molecule is O=C(CCC(=O)c1ccc(F)cc1F)NS(=O)(=O)c1ccc(Cl)cc1F. The van der Waals surface area contributed by atoms with Gasteiger partial charge in [-0.15, -0.1) is 0 Å². The molecule has 0 bridgehead atoms. The minimum absolute atomic E-state index is 0.0281. The first-order valence-corrected chi connectivity index (χ1v) is 8.95. The van der Waals surface area contributed by atoms with Crippen LogP contribution in [0.15, 0.2) is 41.3 Å². The molecule has 0 heterocycles. The standard InChI is InChI=1S/C16H11ClF3NO4S/c17-9-1-5-15(13(20)7-9)26(24,25)21-16(23)6-4-14(22)11-3-2-10(18)8-12(11)19/h1-3,5,7-8H,4,6H2,(H,21,23). The molecule has 2 rings (SSSR count). The lowest BCUT2D eigenvalue weighted by Gasteiger charge is -2.08. The average molecular weight is 406 g/mol. The van der Waals surface area contributed by atoms with Gasteiger partial charge >= 0.3 is 0 Å². The van der Waals surface area contributed by atoms with E-state index in [1.165, 1.54) is 0 Å². The van der Waals surface area contributed by atoms with E-state index >= 15 is 0 Å². The zero-order chi connectivity index (χ0) is 19.5. The predicted octanol–water partition coefficient (Wildman–Crippen LogP) is 3.23. The molecule has 26 heavy (non-hydrogen) atoms. The summed E-state index contributed by atoms with van der Waals surface area (Å²) in [6.07, 6.45) is -1.11. The Labute approximate surface area is 151 Å². The highest BCUT2D eigenvalue weighted by atomic mass is 35.5. The minimum Gasteiger partial charge on any atom is -0.294 e. The van der Waals surface area contributed by atoms with Gasteiger partial charge in [-0.05, 0) is 30.3 Å². The Morgan fingerprint density at radius 3 is 2.27 bits per heavy atom. The van der Waals surface area contributed by atoms with Crippen molar-refractivity contribution in [1.82, 2.24) is 4.72 Å². The highest BCUT2D eigenvalue weighted by Crippen LogP contribution is 2.19. The second kappa shape index (κ2) is 7.88. The summed E-state index contributed by atoms with van der Waals surface area (Å²) in [6.45, 7) is 0. The maximum Gasteiger partial charge on any atom is 0.266 e. The molecule has 0 aliphatic heterocycles. The van der Waals surface area contributed by atoms with Crippen molar-refractivity contribution < 1.29 is 31.2 Å². The molecular weight excluding hydrogens is 395 g/mol. The number of Topliss-reactive ketones (excluding diaryl/α,β-unsaturated/α-hetero) is 1. The molecule has 0 aromatic heterocycles. The highest BCUT2D eigenvalue weighted by molar-refractivity contribution is 7.90. The molecule has 0 atom stereocenters. The summed E-state index contributed by atoms with van der Waals surface area (Å²) >= 11 is 5.52. The first kappa shape index (κ1) is 19.9. The van der Waals surface area contributed by atoms with Gasteiger partial charge in [0.1, 0.15) is 22.3 Å². The summed E-state index contributed by atoms with van der Waals surface area (Å²) in [5, 5.41) is -0.0281. The van der Waals surface area contributed by atoms with Gasteiger partial charge in [0.25, 0.3) is 10.0 Å². The molecule has 10 heteroatoms. The van der Waals surface area contributed by atoms with Gasteiger partial charge in [-0.25, -0.2) is 26.3 Å². The Bertz CT molecular complexity index is 979. The van der Waals surface area contributed by atoms with Crippen molar-refractivity contribution in [3.63, 3.8) is 0 Å². The normalized spacial score (nSPS) is 11.2. The third-order valence-corrected chi connectivity index (χ3v) is 4.88. The topological polar surface area (TPSA) is 80.3 Å². The van der Waals surface area contributed by atoms with Crippen LogP contribution >= 0.6 is 11.6 Å². The van der Waals surface area contributed by atoms with Crippen molar-refractivity contribution in [2.24, 2.45) is 0 Å². The third-order valence-electron chi connectivity index (χ3n) is 3.24. The summed E-state index contributed by atoms with van der Waals surface area (Å²) in [5.41, 5.74) is -0.425. The van der Waals surface area contributed by atoms with E-state index in [0.29, 0.717) is 6.07 Å². The minimum atomic E-state index is -4.50. The van der Waals surface area contributed by atoms with Crippen molar-refractivity contribution in [2.45, 2.75) is 17.7 Å². The Hall–Kier alpha value is -2.39. The number of carbonyl (C=O) groups excluding carboxylic acids is 2. The molecule has 0 aliphatic carbocycles. The van der Waals surface area contributed by atoms with Crippen LogP contribution in [-0.4, -0.2) is 20.1 Å². The lowest BCUT2D eigenvalue weighted by Crippen LogP contribution is -2.31. The second-order valence-electron chi connectivity index (χ2n) is 5.15. The second-order valence-corrected chi connectivity index (χ2v) is 7.24. The summed E-state index contributed by atoms with van der Waals surface area (Å²) in [7, 11) is -4.50. The van der Waals surface area contributed by atoms with Crippen LogP contribution in [0, 0.1) is 17.5 Å². The number of amides is 1. The number of sulfonamides is 1. The molecule has 0 spiro atoms. The molecule has 5 nitrogen and oxygen atoms in total. The number of rotatable bonds is 6. The summed E-state index contributed by atoms with van der Waals surface area (Å²) in [5.74, 6) is -5.01. The molecular formula is C16H11ClF3NO4S. The van der Waals surface area contributed by atoms with Gasteiger partial charge in [0.05, 0.1) is 5.56 Å². The van der Waals surface area contributed by atoms with Crippen LogP contribution in [0.2, 0.25) is 5.02 Å². The van der Waals surface area contributed by atoms with Gasteiger partial charge in [-0.3, -0.25) is 9.59 Å². The molecule has 0 saturated heterocycles. The van der Waals surface area contributed by atoms with E-state index in [4.69, 9.17) is 11.6 Å². The Kier molecular flexibility index (Phi) is 6.04. The fourth-order valence-electron chi connectivity index (χ4n) is 2.03. The van der Waals surface area contributed by atoms with E-state index in [1.807, 2.05) is 0 Å². The van der Waals surface area contributed by atoms with Crippen LogP contribution in [0.3, 0.4) is 0 Å². The number of benzene rings is 2. The Morgan fingerprint density at radius 1 is 0.962 bits per heavy atom. The molecule has 2 aromatic rings. The third kappa shape index (κ3) is 4.83. The molecule has 138 valence electrons. The summed E-state index contributed by atoms with van der Waals surface area (Å²) in [6, 6.07) is 5.09. The van der Waals surface area contributed by atoms with Crippen LogP contribution in [0.25, 0.3) is 0 Å². The zero-order valence-electron chi connectivity index (χ0n) is 12.9. The van der Waals surface area contributed by atoms with Crippen molar-refractivity contribution in [3.8, 4) is 0 Å². The molecule has 0 radical (unpaired) electrons. The molecule has 0 fully saturated rings. The lowest BCUT2D eigenvalue weighted by molar-refractivity contribution is -0.119. The van der Waals surface area contributed by atoms with Gasteiger partial charge < -0.3 is 0 Å². The van der Waals surface area contributed by atoms with Gasteiger partial charge in [-0.1, -0.05) is 11.6 Å². The van der Waals surface area contributed by atoms with Crippen LogP contribution in [0.5, 0.6) is 0 Å². The van der Waals surface area contributed by atoms with Gasteiger partial charge in [-0.2, -0.15) is 0 Å². The summed E-state index contributed by atoms with van der Waals surface area (Å²) < 4.78 is 65.5. The first-order valence-electron chi connectivity index (χ1n) is 7.09. The van der Waals surface area contributed by atoms with Crippen molar-refractivity contribution >= 4 is 33.3 Å². The molecule has 0 unspecified atom stereocenters. The van der Waals surface area contributed by atoms with Crippen LogP contribution in [-0.2, 0) is 14.8 Å². The van der Waals surface area contributed by atoms with E-state index < -0.39 is 62.5 Å². The first-order chi connectivity index (χ1) is 12.1. The van der Waals surface area contributed by atoms with Crippen molar-refractivity contribution in [1.29, 1.82) is 0 Å². The molecule has 0 aliphatic rings. The number of hydrogen-bond acceptors (Lipinski definition) is 4. The molecule has 0 saturated carbocycles. The fraction of sp³-hybridized carbons (Fsp3) is 0.125. The van der Waals surface area contributed by atoms with E-state index in [1.54, 1.807) is 4.72 Å². The van der Waals surface area contributed by atoms with Crippen LogP contribution in [0.4, 0.5) is 13.2 Å². The number of hydrogen-bond donors (Lipinski definition) is 1. The molecule has 1 amide bonds. The maximum atomic E-state index is 13.7. The van der Waals surface area contributed by atoms with Gasteiger partial charge in [0.2, 0.25) is 5.91 Å². The van der Waals surface area contributed by atoms with Crippen molar-refractivity contribution in [2.75, 3.05) is 0 Å². The Balaban J connectivity index is 2.03. The van der Waals surface area contributed by atoms with Crippen molar-refractivity contribution in [3.05, 3.63) is 64.4 Å². The lowest BCUT2D eigenvalue weighted by atomic mass is 10.1. The predicted molar refractivity (Wildman–Crippen MR) is 86.7 cm³/mol. The molecule has 1 N–H and O–H groups in total. The smallest absolute Gasteiger partial charge is 0.266 e. The number of carbonyl (C=O) groups is 2. The van der Waals surface area contributed by atoms with E-state index in [-0.39, 0.29) is 5.02 Å². The molecule has 2 aromatic carbocycles.